The molecule has 0 bridgehead atoms. The molecule has 1 aliphatic carbocycles. The molecule has 1 aromatic heterocycles. The van der Waals surface area contributed by atoms with Crippen molar-refractivity contribution in [3.63, 3.8) is 0 Å². The van der Waals surface area contributed by atoms with Crippen LogP contribution in [-0.4, -0.2) is 20.8 Å². The van der Waals surface area contributed by atoms with Gasteiger partial charge in [-0.25, -0.2) is 0 Å². The Labute approximate surface area is 137 Å². The lowest BCUT2D eigenvalue weighted by Crippen LogP contribution is -2.26. The van der Waals surface area contributed by atoms with E-state index in [1.165, 1.54) is 5.56 Å². The smallest absolute Gasteiger partial charge is 0.173 e. The molecule has 0 saturated heterocycles. The molecule has 124 valence electrons. The topological polar surface area (TPSA) is 66.0 Å². The van der Waals surface area contributed by atoms with Crippen LogP contribution in [0.2, 0.25) is 0 Å². The Kier molecular flexibility index (Phi) is 4.66. The first-order valence-corrected chi connectivity index (χ1v) is 8.42. The SMILES string of the molecule is Cc1cccc(O[C@H](C)c2nnc(C3CCC(N)CC3)n2C)c1. The number of benzene rings is 1. The normalized spacial score (nSPS) is 22.8. The van der Waals surface area contributed by atoms with Gasteiger partial charge in [-0.3, -0.25) is 0 Å². The number of ether oxygens (including phenoxy) is 1. The van der Waals surface area contributed by atoms with Crippen molar-refractivity contribution in [3.05, 3.63) is 41.5 Å². The molecular weight excluding hydrogens is 288 g/mol. The van der Waals surface area contributed by atoms with Crippen LogP contribution < -0.4 is 10.5 Å². The van der Waals surface area contributed by atoms with Crippen molar-refractivity contribution < 1.29 is 4.74 Å². The number of nitrogens with zero attached hydrogens (tertiary/aromatic N) is 3. The van der Waals surface area contributed by atoms with E-state index in [4.69, 9.17) is 10.5 Å². The van der Waals surface area contributed by atoms with Gasteiger partial charge in [-0.15, -0.1) is 10.2 Å². The number of nitrogens with two attached hydrogens (primary N) is 1. The molecule has 2 aromatic rings. The molecular formula is C18H26N4O. The number of hydrogen-bond acceptors (Lipinski definition) is 4. The van der Waals surface area contributed by atoms with Crippen LogP contribution in [0.3, 0.4) is 0 Å². The molecule has 0 radical (unpaired) electrons. The molecule has 1 heterocycles. The van der Waals surface area contributed by atoms with Crippen molar-refractivity contribution in [2.24, 2.45) is 12.8 Å². The lowest BCUT2D eigenvalue weighted by atomic mass is 9.86. The van der Waals surface area contributed by atoms with E-state index in [9.17, 15) is 0 Å². The van der Waals surface area contributed by atoms with Crippen LogP contribution >= 0.6 is 0 Å². The van der Waals surface area contributed by atoms with Crippen molar-refractivity contribution in [2.75, 3.05) is 0 Å². The Bertz CT molecular complexity index is 659. The van der Waals surface area contributed by atoms with E-state index in [1.54, 1.807) is 0 Å². The maximum absolute atomic E-state index is 6.04. The second-order valence-corrected chi connectivity index (χ2v) is 6.66. The van der Waals surface area contributed by atoms with Gasteiger partial charge in [0.15, 0.2) is 11.9 Å². The summed E-state index contributed by atoms with van der Waals surface area (Å²) in [5.74, 6) is 3.26. The number of aromatic nitrogens is 3. The molecule has 23 heavy (non-hydrogen) atoms. The zero-order valence-electron chi connectivity index (χ0n) is 14.2. The van der Waals surface area contributed by atoms with Gasteiger partial charge in [0.25, 0.3) is 0 Å². The largest absolute Gasteiger partial charge is 0.483 e. The van der Waals surface area contributed by atoms with Gasteiger partial charge < -0.3 is 15.0 Å². The Balaban J connectivity index is 1.73. The van der Waals surface area contributed by atoms with Gasteiger partial charge in [0.05, 0.1) is 0 Å². The van der Waals surface area contributed by atoms with Gasteiger partial charge in [0.1, 0.15) is 11.6 Å². The predicted molar refractivity (Wildman–Crippen MR) is 90.4 cm³/mol. The van der Waals surface area contributed by atoms with E-state index in [0.29, 0.717) is 12.0 Å². The second kappa shape index (κ2) is 6.71. The molecule has 0 amide bonds. The highest BCUT2D eigenvalue weighted by atomic mass is 16.5. The molecule has 5 nitrogen and oxygen atoms in total. The summed E-state index contributed by atoms with van der Waals surface area (Å²) in [6.45, 7) is 4.08. The number of aryl methyl sites for hydroxylation is 1. The summed E-state index contributed by atoms with van der Waals surface area (Å²) in [5.41, 5.74) is 7.19. The fourth-order valence-electron chi connectivity index (χ4n) is 3.39. The molecule has 1 aromatic carbocycles. The quantitative estimate of drug-likeness (QED) is 0.941. The second-order valence-electron chi connectivity index (χ2n) is 6.66. The van der Waals surface area contributed by atoms with Crippen LogP contribution in [0.15, 0.2) is 24.3 Å². The predicted octanol–water partition coefficient (Wildman–Crippen LogP) is 3.25. The monoisotopic (exact) mass is 314 g/mol. The maximum Gasteiger partial charge on any atom is 0.173 e. The average molecular weight is 314 g/mol. The van der Waals surface area contributed by atoms with E-state index >= 15 is 0 Å². The molecule has 3 rings (SSSR count). The summed E-state index contributed by atoms with van der Waals surface area (Å²) in [6, 6.07) is 8.43. The molecule has 0 spiro atoms. The van der Waals surface area contributed by atoms with Crippen molar-refractivity contribution in [1.82, 2.24) is 14.8 Å². The minimum absolute atomic E-state index is 0.131. The average Bonchev–Trinajstić information content (AvgIpc) is 2.90. The molecule has 1 fully saturated rings. The van der Waals surface area contributed by atoms with Crippen molar-refractivity contribution in [2.45, 2.75) is 57.6 Å². The first-order chi connectivity index (χ1) is 11.0. The summed E-state index contributed by atoms with van der Waals surface area (Å²) in [5, 5.41) is 8.82. The highest BCUT2D eigenvalue weighted by Crippen LogP contribution is 2.32. The van der Waals surface area contributed by atoms with Crippen LogP contribution in [0.5, 0.6) is 5.75 Å². The van der Waals surface area contributed by atoms with E-state index in [0.717, 1.165) is 43.1 Å². The highest BCUT2D eigenvalue weighted by Gasteiger charge is 2.26. The van der Waals surface area contributed by atoms with Gasteiger partial charge in [0, 0.05) is 19.0 Å². The van der Waals surface area contributed by atoms with Gasteiger partial charge in [0.2, 0.25) is 0 Å². The molecule has 5 heteroatoms. The third-order valence-electron chi connectivity index (χ3n) is 4.75. The van der Waals surface area contributed by atoms with E-state index in [1.807, 2.05) is 32.2 Å². The summed E-state index contributed by atoms with van der Waals surface area (Å²) < 4.78 is 8.14. The van der Waals surface area contributed by atoms with Gasteiger partial charge in [-0.2, -0.15) is 0 Å². The first-order valence-electron chi connectivity index (χ1n) is 8.42. The minimum atomic E-state index is -0.131. The highest BCUT2D eigenvalue weighted by molar-refractivity contribution is 5.27. The summed E-state index contributed by atoms with van der Waals surface area (Å²) in [7, 11) is 2.04. The third kappa shape index (κ3) is 3.55. The fraction of sp³-hybridized carbons (Fsp3) is 0.556. The molecule has 1 aliphatic rings. The number of hydrogen-bond donors (Lipinski definition) is 1. The summed E-state index contributed by atoms with van der Waals surface area (Å²) in [6.07, 6.45) is 4.21. The molecule has 0 aliphatic heterocycles. The van der Waals surface area contributed by atoms with Crippen LogP contribution in [-0.2, 0) is 7.05 Å². The van der Waals surface area contributed by atoms with E-state index < -0.39 is 0 Å². The molecule has 1 saturated carbocycles. The summed E-state index contributed by atoms with van der Waals surface area (Å²) in [4.78, 5) is 0. The van der Waals surface area contributed by atoms with Crippen molar-refractivity contribution in [3.8, 4) is 5.75 Å². The molecule has 2 N–H and O–H groups in total. The van der Waals surface area contributed by atoms with Gasteiger partial charge in [-0.1, -0.05) is 12.1 Å². The fourth-order valence-corrected chi connectivity index (χ4v) is 3.39. The Morgan fingerprint density at radius 2 is 1.96 bits per heavy atom. The first kappa shape index (κ1) is 16.0. The van der Waals surface area contributed by atoms with Crippen LogP contribution in [0.1, 0.15) is 61.8 Å². The van der Waals surface area contributed by atoms with Crippen molar-refractivity contribution >= 4 is 0 Å². The zero-order valence-corrected chi connectivity index (χ0v) is 14.2. The van der Waals surface area contributed by atoms with Crippen molar-refractivity contribution in [1.29, 1.82) is 0 Å². The lowest BCUT2D eigenvalue weighted by Gasteiger charge is -2.25. The van der Waals surface area contributed by atoms with Gasteiger partial charge >= 0.3 is 0 Å². The number of rotatable bonds is 4. The maximum atomic E-state index is 6.04. The Hall–Kier alpha value is -1.88. The Morgan fingerprint density at radius 3 is 2.65 bits per heavy atom. The standard InChI is InChI=1S/C18H26N4O/c1-12-5-4-6-16(11-12)23-13(2)17-20-21-18(22(17)3)14-7-9-15(19)10-8-14/h4-6,11,13-15H,7-10,19H2,1-3H3/t13-,14?,15?/m1/s1. The van der Waals surface area contributed by atoms with Crippen LogP contribution in [0.4, 0.5) is 0 Å². The van der Waals surface area contributed by atoms with Crippen LogP contribution in [0.25, 0.3) is 0 Å². The molecule has 0 unspecified atom stereocenters. The summed E-state index contributed by atoms with van der Waals surface area (Å²) >= 11 is 0. The van der Waals surface area contributed by atoms with E-state index in [2.05, 4.69) is 27.8 Å². The van der Waals surface area contributed by atoms with Crippen LogP contribution in [0, 0.1) is 6.92 Å². The van der Waals surface area contributed by atoms with Gasteiger partial charge in [-0.05, 0) is 57.2 Å². The zero-order chi connectivity index (χ0) is 16.4. The third-order valence-corrected chi connectivity index (χ3v) is 4.75. The molecule has 1 atom stereocenters. The minimum Gasteiger partial charge on any atom is -0.483 e. The lowest BCUT2D eigenvalue weighted by molar-refractivity contribution is 0.211. The van der Waals surface area contributed by atoms with E-state index in [-0.39, 0.29) is 6.10 Å². The Morgan fingerprint density at radius 1 is 1.22 bits per heavy atom.